The lowest BCUT2D eigenvalue weighted by Crippen LogP contribution is -2.36. The Balaban J connectivity index is 1.30. The summed E-state index contributed by atoms with van der Waals surface area (Å²) in [7, 11) is 2.03. The average Bonchev–Trinajstić information content (AvgIpc) is 3.45. The Hall–Kier alpha value is -4.38. The lowest BCUT2D eigenvalue weighted by molar-refractivity contribution is 0.0966. The molecule has 3 aromatic heterocycles. The smallest absolute Gasteiger partial charge is 0.320 e. The fourth-order valence-electron chi connectivity index (χ4n) is 5.75. The van der Waals surface area contributed by atoms with Crippen LogP contribution < -0.4 is 15.4 Å². The Labute approximate surface area is 277 Å². The molecule has 2 amide bonds. The van der Waals surface area contributed by atoms with Crippen molar-refractivity contribution in [1.29, 1.82) is 0 Å². The highest BCUT2D eigenvalue weighted by molar-refractivity contribution is 5.94. The molecule has 1 aliphatic carbocycles. The fraction of sp³-hybridized carbons (Fsp3) is 0.500. The molecule has 1 aromatic carbocycles. The molecule has 5 rings (SSSR count). The first-order valence-electron chi connectivity index (χ1n) is 16.5. The number of rotatable bonds is 10. The maximum absolute atomic E-state index is 13.4. The zero-order valence-electron chi connectivity index (χ0n) is 28.9. The molecule has 2 N–H and O–H groups in total. The summed E-state index contributed by atoms with van der Waals surface area (Å²) in [6, 6.07) is 13.0. The molecule has 0 fully saturated rings. The van der Waals surface area contributed by atoms with Crippen molar-refractivity contribution in [2.45, 2.75) is 97.1 Å². The fourth-order valence-corrected chi connectivity index (χ4v) is 5.75. The van der Waals surface area contributed by atoms with Crippen LogP contribution in [-0.2, 0) is 10.8 Å². The van der Waals surface area contributed by atoms with Crippen LogP contribution in [0.2, 0.25) is 0 Å². The SMILES string of the molecule is CCN(C)CCCC(=O)c1nc(NC(=O)N[C@H]2CC[C@@H](Oc3ccc4nnc(C(C)(C)C)n4c3)c3ccccc32)cc(C(C)(C)C)n1. The van der Waals surface area contributed by atoms with Gasteiger partial charge in [-0.05, 0) is 62.7 Å². The number of amides is 2. The summed E-state index contributed by atoms with van der Waals surface area (Å²) in [6.45, 7) is 16.2. The highest BCUT2D eigenvalue weighted by Crippen LogP contribution is 2.39. The number of pyridine rings is 1. The maximum atomic E-state index is 13.4. The van der Waals surface area contributed by atoms with E-state index in [9.17, 15) is 9.59 Å². The molecule has 0 saturated carbocycles. The highest BCUT2D eigenvalue weighted by atomic mass is 16.5. The number of fused-ring (bicyclic) bond motifs is 2. The van der Waals surface area contributed by atoms with Crippen LogP contribution in [0.5, 0.6) is 5.75 Å². The molecule has 2 atom stereocenters. The van der Waals surface area contributed by atoms with Gasteiger partial charge in [-0.3, -0.25) is 14.5 Å². The van der Waals surface area contributed by atoms with E-state index in [0.717, 1.165) is 41.4 Å². The number of hydrogen-bond donors (Lipinski definition) is 2. The molecule has 250 valence electrons. The lowest BCUT2D eigenvalue weighted by atomic mass is 9.85. The Bertz CT molecular complexity index is 1740. The summed E-state index contributed by atoms with van der Waals surface area (Å²) in [4.78, 5) is 37.7. The summed E-state index contributed by atoms with van der Waals surface area (Å²) in [6.07, 6.45) is 4.23. The summed E-state index contributed by atoms with van der Waals surface area (Å²) < 4.78 is 8.53. The zero-order chi connectivity index (χ0) is 33.9. The Morgan fingerprint density at radius 1 is 0.979 bits per heavy atom. The molecule has 4 aromatic rings. The first-order chi connectivity index (χ1) is 22.2. The van der Waals surface area contributed by atoms with Crippen molar-refractivity contribution < 1.29 is 14.3 Å². The predicted octanol–water partition coefficient (Wildman–Crippen LogP) is 6.81. The van der Waals surface area contributed by atoms with Crippen LogP contribution in [-0.4, -0.2) is 61.4 Å². The van der Waals surface area contributed by atoms with E-state index in [1.165, 1.54) is 0 Å². The van der Waals surface area contributed by atoms with Gasteiger partial charge in [0, 0.05) is 23.3 Å². The Kier molecular flexibility index (Phi) is 9.95. The van der Waals surface area contributed by atoms with Crippen LogP contribution >= 0.6 is 0 Å². The van der Waals surface area contributed by atoms with Crippen molar-refractivity contribution in [1.82, 2.24) is 34.8 Å². The van der Waals surface area contributed by atoms with E-state index < -0.39 is 6.03 Å². The van der Waals surface area contributed by atoms with Gasteiger partial charge in [-0.2, -0.15) is 0 Å². The van der Waals surface area contributed by atoms with Gasteiger partial charge in [0.1, 0.15) is 23.5 Å². The quantitative estimate of drug-likeness (QED) is 0.181. The van der Waals surface area contributed by atoms with E-state index in [-0.39, 0.29) is 34.6 Å². The third-order valence-corrected chi connectivity index (χ3v) is 8.53. The zero-order valence-corrected chi connectivity index (χ0v) is 28.9. The van der Waals surface area contributed by atoms with Gasteiger partial charge in [0.15, 0.2) is 17.3 Å². The van der Waals surface area contributed by atoms with Crippen LogP contribution in [0.25, 0.3) is 5.65 Å². The minimum atomic E-state index is -0.390. The molecule has 0 unspecified atom stereocenters. The van der Waals surface area contributed by atoms with Gasteiger partial charge in [-0.25, -0.2) is 14.8 Å². The van der Waals surface area contributed by atoms with E-state index in [1.54, 1.807) is 6.07 Å². The third-order valence-electron chi connectivity index (χ3n) is 8.53. The van der Waals surface area contributed by atoms with Gasteiger partial charge in [0.25, 0.3) is 0 Å². The van der Waals surface area contributed by atoms with Gasteiger partial charge in [0.05, 0.1) is 17.9 Å². The Morgan fingerprint density at radius 2 is 1.72 bits per heavy atom. The predicted molar refractivity (Wildman–Crippen MR) is 183 cm³/mol. The number of Topliss-reactive ketones (excluding diaryl/α,β-unsaturated/α-hetero) is 1. The molecule has 0 radical (unpaired) electrons. The van der Waals surface area contributed by atoms with Crippen LogP contribution in [0.4, 0.5) is 10.6 Å². The summed E-state index contributed by atoms with van der Waals surface area (Å²) >= 11 is 0. The summed E-state index contributed by atoms with van der Waals surface area (Å²) in [5.41, 5.74) is 3.00. The standard InChI is InChI=1S/C36H48N8O3/c1-9-43(8)20-12-15-27(45)32-38-29(35(2,3)4)21-30(39-32)40-34(46)37-26-17-18-28(25-14-11-10-13-24(25)26)47-23-16-19-31-41-42-33(36(5,6)7)44(31)22-23/h10-11,13-14,16,19,21-22,26,28H,9,12,15,17-18,20H2,1-8H3,(H2,37,38,39,40,46)/t26-,28+/m0/s1. The van der Waals surface area contributed by atoms with Gasteiger partial charge in [0.2, 0.25) is 0 Å². The number of ketones is 1. The van der Waals surface area contributed by atoms with Crippen LogP contribution in [0.3, 0.4) is 0 Å². The number of carbonyl (C=O) groups excluding carboxylic acids is 2. The van der Waals surface area contributed by atoms with Crippen molar-refractivity contribution >= 4 is 23.3 Å². The van der Waals surface area contributed by atoms with Gasteiger partial charge in [-0.1, -0.05) is 72.7 Å². The minimum absolute atomic E-state index is 0.130. The molecule has 3 heterocycles. The lowest BCUT2D eigenvalue weighted by Gasteiger charge is -2.32. The molecular weight excluding hydrogens is 592 g/mol. The number of benzene rings is 1. The van der Waals surface area contributed by atoms with Crippen molar-refractivity contribution in [3.8, 4) is 5.75 Å². The van der Waals surface area contributed by atoms with E-state index >= 15 is 0 Å². The largest absolute Gasteiger partial charge is 0.484 e. The maximum Gasteiger partial charge on any atom is 0.320 e. The van der Waals surface area contributed by atoms with Crippen LogP contribution in [0.15, 0.2) is 48.7 Å². The number of nitrogens with zero attached hydrogens (tertiary/aromatic N) is 6. The van der Waals surface area contributed by atoms with E-state index in [4.69, 9.17) is 4.74 Å². The normalized spacial score (nSPS) is 16.6. The first-order valence-corrected chi connectivity index (χ1v) is 16.5. The number of hydrogen-bond acceptors (Lipinski definition) is 8. The second-order valence-corrected chi connectivity index (χ2v) is 14.5. The number of anilines is 1. The molecule has 11 nitrogen and oxygen atoms in total. The second-order valence-electron chi connectivity index (χ2n) is 14.5. The van der Waals surface area contributed by atoms with Gasteiger partial charge < -0.3 is 15.0 Å². The van der Waals surface area contributed by atoms with Gasteiger partial charge in [-0.15, -0.1) is 10.2 Å². The molecule has 0 saturated heterocycles. The molecule has 0 bridgehead atoms. The van der Waals surface area contributed by atoms with Crippen molar-refractivity contribution in [2.75, 3.05) is 25.5 Å². The highest BCUT2D eigenvalue weighted by Gasteiger charge is 2.30. The minimum Gasteiger partial charge on any atom is -0.484 e. The van der Waals surface area contributed by atoms with E-state index in [2.05, 4.69) is 69.5 Å². The van der Waals surface area contributed by atoms with Gasteiger partial charge >= 0.3 is 6.03 Å². The number of urea groups is 1. The van der Waals surface area contributed by atoms with Crippen LogP contribution in [0.1, 0.15) is 120 Å². The average molecular weight is 641 g/mol. The molecule has 0 aliphatic heterocycles. The molecule has 47 heavy (non-hydrogen) atoms. The molecule has 1 aliphatic rings. The summed E-state index contributed by atoms with van der Waals surface area (Å²) in [5.74, 6) is 1.91. The molecular formula is C36H48N8O3. The monoisotopic (exact) mass is 640 g/mol. The topological polar surface area (TPSA) is 127 Å². The second kappa shape index (κ2) is 13.8. The van der Waals surface area contributed by atoms with Crippen molar-refractivity contribution in [3.05, 3.63) is 77.1 Å². The van der Waals surface area contributed by atoms with Crippen molar-refractivity contribution in [2.24, 2.45) is 0 Å². The van der Waals surface area contributed by atoms with Crippen molar-refractivity contribution in [3.63, 3.8) is 0 Å². The van der Waals surface area contributed by atoms with E-state index in [1.807, 2.05) is 68.7 Å². The number of carbonyl (C=O) groups is 2. The first kappa shape index (κ1) is 34.0. The number of aromatic nitrogens is 5. The van der Waals surface area contributed by atoms with E-state index in [0.29, 0.717) is 37.2 Å². The Morgan fingerprint density at radius 3 is 2.43 bits per heavy atom. The van der Waals surface area contributed by atoms with Crippen LogP contribution in [0, 0.1) is 0 Å². The molecule has 0 spiro atoms. The molecule has 11 heteroatoms. The summed E-state index contributed by atoms with van der Waals surface area (Å²) in [5, 5.41) is 14.7. The number of ether oxygens (including phenoxy) is 1. The third kappa shape index (κ3) is 8.13. The number of nitrogens with one attached hydrogen (secondary N) is 2.